The summed E-state index contributed by atoms with van der Waals surface area (Å²) in [4.78, 5) is 2.32. The molecule has 1 aromatic carbocycles. The Bertz CT molecular complexity index is 324. The summed E-state index contributed by atoms with van der Waals surface area (Å²) in [6.07, 6.45) is 1.15. The van der Waals surface area contributed by atoms with Crippen molar-refractivity contribution in [1.29, 1.82) is 0 Å². The van der Waals surface area contributed by atoms with Gasteiger partial charge in [-0.1, -0.05) is 25.1 Å². The molecule has 0 saturated carbocycles. The molecule has 1 N–H and O–H groups in total. The van der Waals surface area contributed by atoms with Crippen LogP contribution < -0.4 is 10.1 Å². The monoisotopic (exact) mass is 236 g/mol. The third-order valence-corrected chi connectivity index (χ3v) is 3.07. The summed E-state index contributed by atoms with van der Waals surface area (Å²) in [5.41, 5.74) is 1.24. The maximum absolute atomic E-state index is 5.36. The third kappa shape index (κ3) is 4.36. The van der Waals surface area contributed by atoms with Crippen molar-refractivity contribution in [2.75, 3.05) is 27.7 Å². The van der Waals surface area contributed by atoms with E-state index in [1.807, 2.05) is 19.2 Å². The van der Waals surface area contributed by atoms with Gasteiger partial charge < -0.3 is 15.0 Å². The number of benzene rings is 1. The molecular weight excluding hydrogens is 212 g/mol. The van der Waals surface area contributed by atoms with Gasteiger partial charge in [-0.3, -0.25) is 0 Å². The number of hydrogen-bond acceptors (Lipinski definition) is 3. The molecular formula is C14H24N2O. The van der Waals surface area contributed by atoms with E-state index < -0.39 is 0 Å². The van der Waals surface area contributed by atoms with Crippen molar-refractivity contribution in [2.24, 2.45) is 0 Å². The number of para-hydroxylation sites is 1. The minimum Gasteiger partial charge on any atom is -0.496 e. The van der Waals surface area contributed by atoms with Crippen LogP contribution >= 0.6 is 0 Å². The maximum Gasteiger partial charge on any atom is 0.123 e. The first-order valence-corrected chi connectivity index (χ1v) is 6.19. The Morgan fingerprint density at radius 3 is 2.65 bits per heavy atom. The Kier molecular flexibility index (Phi) is 6.01. The molecule has 0 radical (unpaired) electrons. The molecule has 17 heavy (non-hydrogen) atoms. The zero-order valence-electron chi connectivity index (χ0n) is 11.4. The van der Waals surface area contributed by atoms with Crippen molar-refractivity contribution in [3.8, 4) is 5.75 Å². The quantitative estimate of drug-likeness (QED) is 0.785. The molecule has 0 fully saturated rings. The highest BCUT2D eigenvalue weighted by Gasteiger charge is 2.09. The summed E-state index contributed by atoms with van der Waals surface area (Å²) >= 11 is 0. The van der Waals surface area contributed by atoms with Gasteiger partial charge in [0.25, 0.3) is 0 Å². The molecule has 1 atom stereocenters. The van der Waals surface area contributed by atoms with Crippen LogP contribution in [0.4, 0.5) is 0 Å². The van der Waals surface area contributed by atoms with Gasteiger partial charge in [0.1, 0.15) is 5.75 Å². The SMILES string of the molecule is CCC(CN(C)Cc1ccccc1OC)NC. The van der Waals surface area contributed by atoms with Crippen molar-refractivity contribution in [3.63, 3.8) is 0 Å². The molecule has 3 heteroatoms. The standard InChI is InChI=1S/C14H24N2O/c1-5-13(15-2)11-16(3)10-12-8-6-7-9-14(12)17-4/h6-9,13,15H,5,10-11H2,1-4H3. The molecule has 0 saturated heterocycles. The van der Waals surface area contributed by atoms with Crippen molar-refractivity contribution >= 4 is 0 Å². The fraction of sp³-hybridized carbons (Fsp3) is 0.571. The first-order chi connectivity index (χ1) is 8.21. The number of rotatable bonds is 7. The van der Waals surface area contributed by atoms with E-state index in [2.05, 4.69) is 36.3 Å². The van der Waals surface area contributed by atoms with E-state index in [9.17, 15) is 0 Å². The van der Waals surface area contributed by atoms with E-state index in [1.165, 1.54) is 5.56 Å². The predicted octanol–water partition coefficient (Wildman–Crippen LogP) is 2.12. The Morgan fingerprint density at radius 2 is 2.06 bits per heavy atom. The number of nitrogens with zero attached hydrogens (tertiary/aromatic N) is 1. The number of ether oxygens (including phenoxy) is 1. The number of methoxy groups -OCH3 is 1. The minimum absolute atomic E-state index is 0.551. The third-order valence-electron chi connectivity index (χ3n) is 3.07. The second kappa shape index (κ2) is 7.30. The smallest absolute Gasteiger partial charge is 0.123 e. The van der Waals surface area contributed by atoms with Gasteiger partial charge in [-0.2, -0.15) is 0 Å². The summed E-state index contributed by atoms with van der Waals surface area (Å²) in [6.45, 7) is 4.17. The Balaban J connectivity index is 2.58. The van der Waals surface area contributed by atoms with Gasteiger partial charge >= 0.3 is 0 Å². The molecule has 0 heterocycles. The Labute approximate surface area is 105 Å². The van der Waals surface area contributed by atoms with Gasteiger partial charge in [-0.25, -0.2) is 0 Å². The van der Waals surface area contributed by atoms with Crippen LogP contribution in [0.1, 0.15) is 18.9 Å². The first kappa shape index (κ1) is 14.0. The van der Waals surface area contributed by atoms with Crippen molar-refractivity contribution in [1.82, 2.24) is 10.2 Å². The van der Waals surface area contributed by atoms with Gasteiger partial charge in [0.15, 0.2) is 0 Å². The van der Waals surface area contributed by atoms with Crippen molar-refractivity contribution in [2.45, 2.75) is 25.9 Å². The summed E-state index contributed by atoms with van der Waals surface area (Å²) in [5, 5.41) is 3.32. The summed E-state index contributed by atoms with van der Waals surface area (Å²) in [5.74, 6) is 0.969. The van der Waals surface area contributed by atoms with Crippen LogP contribution in [-0.2, 0) is 6.54 Å². The van der Waals surface area contributed by atoms with E-state index >= 15 is 0 Å². The Morgan fingerprint density at radius 1 is 1.35 bits per heavy atom. The largest absolute Gasteiger partial charge is 0.496 e. The zero-order valence-corrected chi connectivity index (χ0v) is 11.4. The van der Waals surface area contributed by atoms with Gasteiger partial charge in [-0.15, -0.1) is 0 Å². The molecule has 0 aliphatic heterocycles. The van der Waals surface area contributed by atoms with Crippen LogP contribution in [0.5, 0.6) is 5.75 Å². The van der Waals surface area contributed by atoms with Crippen molar-refractivity contribution in [3.05, 3.63) is 29.8 Å². The fourth-order valence-electron chi connectivity index (χ4n) is 1.99. The highest BCUT2D eigenvalue weighted by Crippen LogP contribution is 2.18. The Hall–Kier alpha value is -1.06. The normalized spacial score (nSPS) is 12.8. The molecule has 0 aromatic heterocycles. The second-order valence-corrected chi connectivity index (χ2v) is 4.40. The summed E-state index contributed by atoms with van der Waals surface area (Å²) in [6, 6.07) is 8.75. The number of likely N-dealkylation sites (N-methyl/N-ethyl adjacent to an activating group) is 2. The van der Waals surface area contributed by atoms with E-state index in [-0.39, 0.29) is 0 Å². The van der Waals surface area contributed by atoms with Crippen LogP contribution in [0.15, 0.2) is 24.3 Å². The fourth-order valence-corrected chi connectivity index (χ4v) is 1.99. The van der Waals surface area contributed by atoms with E-state index in [1.54, 1.807) is 7.11 Å². The highest BCUT2D eigenvalue weighted by atomic mass is 16.5. The van der Waals surface area contributed by atoms with Gasteiger partial charge in [-0.05, 0) is 26.6 Å². The molecule has 1 unspecified atom stereocenters. The van der Waals surface area contributed by atoms with Crippen LogP contribution in [0.25, 0.3) is 0 Å². The molecule has 0 amide bonds. The van der Waals surface area contributed by atoms with E-state index in [0.29, 0.717) is 6.04 Å². The van der Waals surface area contributed by atoms with Gasteiger partial charge in [0, 0.05) is 24.7 Å². The predicted molar refractivity (Wildman–Crippen MR) is 72.5 cm³/mol. The summed E-state index contributed by atoms with van der Waals surface area (Å²) in [7, 11) is 5.89. The van der Waals surface area contributed by atoms with Crippen LogP contribution in [0, 0.1) is 0 Å². The lowest BCUT2D eigenvalue weighted by Crippen LogP contribution is -2.36. The topological polar surface area (TPSA) is 24.5 Å². The molecule has 1 rings (SSSR count). The maximum atomic E-state index is 5.36. The molecule has 3 nitrogen and oxygen atoms in total. The minimum atomic E-state index is 0.551. The average Bonchev–Trinajstić information content (AvgIpc) is 2.36. The van der Waals surface area contributed by atoms with E-state index in [0.717, 1.165) is 25.3 Å². The van der Waals surface area contributed by atoms with Gasteiger partial charge in [0.05, 0.1) is 7.11 Å². The summed E-state index contributed by atoms with van der Waals surface area (Å²) < 4.78 is 5.36. The van der Waals surface area contributed by atoms with Gasteiger partial charge in [0.2, 0.25) is 0 Å². The first-order valence-electron chi connectivity index (χ1n) is 6.19. The lowest BCUT2D eigenvalue weighted by molar-refractivity contribution is 0.279. The second-order valence-electron chi connectivity index (χ2n) is 4.40. The molecule has 96 valence electrons. The van der Waals surface area contributed by atoms with E-state index in [4.69, 9.17) is 4.74 Å². The number of hydrogen-bond donors (Lipinski definition) is 1. The lowest BCUT2D eigenvalue weighted by atomic mass is 10.1. The molecule has 0 aliphatic rings. The highest BCUT2D eigenvalue weighted by molar-refractivity contribution is 5.32. The molecule has 1 aromatic rings. The molecule has 0 bridgehead atoms. The molecule has 0 spiro atoms. The average molecular weight is 236 g/mol. The molecule has 0 aliphatic carbocycles. The number of nitrogens with one attached hydrogen (secondary N) is 1. The van der Waals surface area contributed by atoms with Crippen LogP contribution in [-0.4, -0.2) is 38.7 Å². The van der Waals surface area contributed by atoms with Crippen LogP contribution in [0.3, 0.4) is 0 Å². The lowest BCUT2D eigenvalue weighted by Gasteiger charge is -2.23. The van der Waals surface area contributed by atoms with Crippen LogP contribution in [0.2, 0.25) is 0 Å². The van der Waals surface area contributed by atoms with Crippen molar-refractivity contribution < 1.29 is 4.74 Å². The zero-order chi connectivity index (χ0) is 12.7.